The van der Waals surface area contributed by atoms with Crippen LogP contribution in [0.3, 0.4) is 0 Å². The van der Waals surface area contributed by atoms with Gasteiger partial charge in [0.05, 0.1) is 32.2 Å². The molecule has 10 amide bonds. The second kappa shape index (κ2) is 31.2. The van der Waals surface area contributed by atoms with Crippen LogP contribution >= 0.6 is 0 Å². The Kier molecular flexibility index (Phi) is 25.3. The zero-order chi connectivity index (χ0) is 60.2. The summed E-state index contributed by atoms with van der Waals surface area (Å²) in [5.74, 6) is -11.1. The number of likely N-dealkylation sites (tertiary alicyclic amines) is 1. The van der Waals surface area contributed by atoms with E-state index in [1.165, 1.54) is 43.0 Å². The van der Waals surface area contributed by atoms with Crippen LogP contribution in [0.15, 0.2) is 54.6 Å². The summed E-state index contributed by atoms with van der Waals surface area (Å²) in [6.45, 7) is 4.50. The number of carboxylic acids is 1. The van der Waals surface area contributed by atoms with Crippen LogP contribution in [-0.2, 0) is 70.3 Å². The number of carboxylic acid groups (broad SMARTS) is 1. The molecule has 2 heterocycles. The van der Waals surface area contributed by atoms with Gasteiger partial charge in [-0.3, -0.25) is 47.9 Å². The number of hydrogen-bond donors (Lipinski definition) is 16. The van der Waals surface area contributed by atoms with Gasteiger partial charge in [0.2, 0.25) is 59.1 Å². The summed E-state index contributed by atoms with van der Waals surface area (Å²) in [7, 11) is 0. The number of nitrogens with one attached hydrogen (secondary N) is 9. The zero-order valence-corrected chi connectivity index (χ0v) is 45.5. The van der Waals surface area contributed by atoms with E-state index in [-0.39, 0.29) is 37.5 Å². The van der Waals surface area contributed by atoms with Gasteiger partial charge in [-0.1, -0.05) is 56.3 Å². The van der Waals surface area contributed by atoms with Crippen LogP contribution in [0.4, 0.5) is 0 Å². The molecule has 29 nitrogen and oxygen atoms in total. The fourth-order valence-electron chi connectivity index (χ4n) is 8.86. The van der Waals surface area contributed by atoms with Crippen molar-refractivity contribution < 1.29 is 88.1 Å². The van der Waals surface area contributed by atoms with Crippen molar-refractivity contribution in [3.8, 4) is 5.75 Å². The van der Waals surface area contributed by atoms with Crippen molar-refractivity contribution in [2.24, 2.45) is 11.7 Å². The fourth-order valence-corrected chi connectivity index (χ4v) is 8.86. The molecule has 0 spiro atoms. The predicted molar refractivity (Wildman–Crippen MR) is 283 cm³/mol. The zero-order valence-electron chi connectivity index (χ0n) is 45.5. The number of rotatable bonds is 28. The Bertz CT molecular complexity index is 2540. The number of carbonyl (C=O) groups is 11. The number of ether oxygens (including phenoxy) is 1. The number of phenols is 1. The SMILES string of the molecule is CC(=O)N[C@@H]1[C@@H](O)[C@@H](O)[C@@H](CO)O[C@H]1NC(=O)C[C@H](NC(=O)CNC(=O)[C@@H]1CCCN1C(=O)[C@H](C)NC(=O)[C@@H](N)Cc1ccccc1)C(=O)N[C@@H](Cc1ccc(O)cc1)C(=O)N[C@@H](CO)C(=O)N[C@@H](C)C(=O)N[C@@H](CC(C)C)C(=O)O. The Hall–Kier alpha value is -7.83. The molecule has 17 N–H and O–H groups in total. The van der Waals surface area contributed by atoms with Gasteiger partial charge in [0.15, 0.2) is 6.23 Å². The molecule has 0 aromatic heterocycles. The molecule has 2 saturated heterocycles. The number of benzene rings is 2. The summed E-state index contributed by atoms with van der Waals surface area (Å²) in [6.07, 6.45) is -7.37. The van der Waals surface area contributed by atoms with Crippen LogP contribution in [0.5, 0.6) is 5.75 Å². The molecule has 13 atom stereocenters. The van der Waals surface area contributed by atoms with E-state index in [0.717, 1.165) is 12.5 Å². The van der Waals surface area contributed by atoms with Crippen molar-refractivity contribution in [1.29, 1.82) is 0 Å². The van der Waals surface area contributed by atoms with Gasteiger partial charge in [-0.2, -0.15) is 0 Å². The van der Waals surface area contributed by atoms with Gasteiger partial charge >= 0.3 is 5.97 Å². The van der Waals surface area contributed by atoms with Gasteiger partial charge in [-0.25, -0.2) is 4.79 Å². The summed E-state index contributed by atoms with van der Waals surface area (Å²) >= 11 is 0. The molecule has 0 saturated carbocycles. The number of nitrogens with zero attached hydrogens (tertiary/aromatic N) is 1. The quantitative estimate of drug-likeness (QED) is 0.0377. The molecule has 29 heteroatoms. The standard InChI is InChI=1S/C52H75N11O18/c1-25(2)18-35(52(79)80)60-44(72)26(3)55-48(76)36(23-64)61-46(74)33(20-30-13-15-31(67)16-14-30)59-47(75)34(21-39(68)62-50-41(57-28(5)66)43(71)42(70)38(24-65)81-50)58-40(69)22-54-49(77)37-12-9-17-63(37)51(78)27(4)56-45(73)32(53)19-29-10-7-6-8-11-29/h6-8,10-11,13-16,25-27,32-38,41-43,50,64-65,67,70-71H,9,12,17-24,53H2,1-5H3,(H,54,77)(H,55,76)(H,56,73)(H,57,66)(H,58,69)(H,59,75)(H,60,72)(H,61,74)(H,62,68)(H,79,80)/t26-,27-,32-,33-,34-,35-,36-,37-,38+,41+,42-,43+,50+/m0/s1. The number of hydrogen-bond acceptors (Lipinski definition) is 18. The monoisotopic (exact) mass is 1140 g/mol. The lowest BCUT2D eigenvalue weighted by atomic mass is 9.95. The minimum atomic E-state index is -1.97. The first kappa shape index (κ1) is 65.7. The highest BCUT2D eigenvalue weighted by Crippen LogP contribution is 2.22. The molecule has 81 heavy (non-hydrogen) atoms. The Labute approximate surface area is 466 Å². The normalized spacial score (nSPS) is 21.2. The summed E-state index contributed by atoms with van der Waals surface area (Å²) in [5.41, 5.74) is 7.19. The van der Waals surface area contributed by atoms with Crippen molar-refractivity contribution in [3.63, 3.8) is 0 Å². The molecule has 2 fully saturated rings. The summed E-state index contributed by atoms with van der Waals surface area (Å²) < 4.78 is 5.58. The molecular formula is C52H75N11O18. The minimum Gasteiger partial charge on any atom is -0.508 e. The van der Waals surface area contributed by atoms with Gasteiger partial charge in [-0.15, -0.1) is 0 Å². The number of aliphatic hydroxyl groups excluding tert-OH is 4. The lowest BCUT2D eigenvalue weighted by Crippen LogP contribution is -2.68. The lowest BCUT2D eigenvalue weighted by Gasteiger charge is -2.42. The topological polar surface area (TPSA) is 456 Å². The van der Waals surface area contributed by atoms with Crippen LogP contribution in [0.1, 0.15) is 71.4 Å². The van der Waals surface area contributed by atoms with Crippen molar-refractivity contribution in [3.05, 3.63) is 65.7 Å². The number of aromatic hydroxyl groups is 1. The molecule has 2 aliphatic rings. The van der Waals surface area contributed by atoms with Crippen LogP contribution < -0.4 is 53.6 Å². The Morgan fingerprint density at radius 3 is 1.88 bits per heavy atom. The van der Waals surface area contributed by atoms with Crippen molar-refractivity contribution >= 4 is 65.0 Å². The maximum atomic E-state index is 14.4. The van der Waals surface area contributed by atoms with E-state index >= 15 is 0 Å². The fraction of sp³-hybridized carbons (Fsp3) is 0.558. The van der Waals surface area contributed by atoms with Crippen molar-refractivity contribution in [2.75, 3.05) is 26.3 Å². The average molecular weight is 1140 g/mol. The average Bonchev–Trinajstić information content (AvgIpc) is 3.92. The van der Waals surface area contributed by atoms with Crippen LogP contribution in [0, 0.1) is 5.92 Å². The number of amides is 10. The second-order valence-electron chi connectivity index (χ2n) is 20.2. The summed E-state index contributed by atoms with van der Waals surface area (Å²) in [5, 5.41) is 82.2. The third kappa shape index (κ3) is 20.0. The molecule has 2 aromatic rings. The smallest absolute Gasteiger partial charge is 0.326 e. The van der Waals surface area contributed by atoms with E-state index in [1.54, 1.807) is 44.2 Å². The second-order valence-corrected chi connectivity index (χ2v) is 20.2. The molecule has 0 bridgehead atoms. The van der Waals surface area contributed by atoms with E-state index in [0.29, 0.717) is 12.0 Å². The van der Waals surface area contributed by atoms with Gasteiger partial charge in [0.25, 0.3) is 0 Å². The van der Waals surface area contributed by atoms with Crippen LogP contribution in [0.2, 0.25) is 0 Å². The third-order valence-electron chi connectivity index (χ3n) is 13.2. The van der Waals surface area contributed by atoms with E-state index < -0.39 is 177 Å². The predicted octanol–water partition coefficient (Wildman–Crippen LogP) is -5.87. The molecule has 4 rings (SSSR count). The molecule has 2 aliphatic heterocycles. The van der Waals surface area contributed by atoms with E-state index in [4.69, 9.17) is 10.5 Å². The largest absolute Gasteiger partial charge is 0.508 e. The first-order valence-corrected chi connectivity index (χ1v) is 26.2. The molecule has 446 valence electrons. The van der Waals surface area contributed by atoms with E-state index in [1.807, 2.05) is 0 Å². The Morgan fingerprint density at radius 2 is 1.27 bits per heavy atom. The van der Waals surface area contributed by atoms with Gasteiger partial charge in [0.1, 0.15) is 72.4 Å². The Morgan fingerprint density at radius 1 is 0.679 bits per heavy atom. The van der Waals surface area contributed by atoms with Crippen LogP contribution in [-0.4, -0.2) is 206 Å². The van der Waals surface area contributed by atoms with Crippen molar-refractivity contribution in [2.45, 2.75) is 152 Å². The highest BCUT2D eigenvalue weighted by Gasteiger charge is 2.46. The van der Waals surface area contributed by atoms with Crippen LogP contribution in [0.25, 0.3) is 0 Å². The maximum Gasteiger partial charge on any atom is 0.326 e. The number of phenolic OH excluding ortho intramolecular Hbond substituents is 1. The highest BCUT2D eigenvalue weighted by atomic mass is 16.5. The molecule has 2 aromatic carbocycles. The van der Waals surface area contributed by atoms with E-state index in [9.17, 15) is 83.4 Å². The Balaban J connectivity index is 1.55. The molecule has 0 aliphatic carbocycles. The number of carbonyl (C=O) groups excluding carboxylic acids is 10. The van der Waals surface area contributed by atoms with E-state index in [2.05, 4.69) is 47.9 Å². The lowest BCUT2D eigenvalue weighted by molar-refractivity contribution is -0.203. The number of aliphatic hydroxyl groups is 4. The minimum absolute atomic E-state index is 0.0601. The van der Waals surface area contributed by atoms with Gasteiger partial charge in [0, 0.05) is 19.9 Å². The maximum absolute atomic E-state index is 14.4. The molecular weight excluding hydrogens is 1070 g/mol. The molecule has 0 unspecified atom stereocenters. The first-order chi connectivity index (χ1) is 38.2. The molecule has 0 radical (unpaired) electrons. The number of nitrogens with two attached hydrogens (primary N) is 1. The van der Waals surface area contributed by atoms with Gasteiger partial charge in [-0.05, 0) is 68.7 Å². The summed E-state index contributed by atoms with van der Waals surface area (Å²) in [6, 6.07) is 1.26. The third-order valence-corrected chi connectivity index (χ3v) is 13.2. The number of aliphatic carboxylic acids is 1. The highest BCUT2D eigenvalue weighted by molar-refractivity contribution is 5.98. The van der Waals surface area contributed by atoms with Crippen molar-refractivity contribution in [1.82, 2.24) is 52.8 Å². The van der Waals surface area contributed by atoms with Gasteiger partial charge < -0.3 is 93.9 Å². The summed E-state index contributed by atoms with van der Waals surface area (Å²) in [4.78, 5) is 148. The first-order valence-electron chi connectivity index (χ1n) is 26.2.